The van der Waals surface area contributed by atoms with Crippen molar-refractivity contribution in [2.75, 3.05) is 12.3 Å². The van der Waals surface area contributed by atoms with Crippen LogP contribution in [-0.4, -0.2) is 62.8 Å². The molecule has 1 rings (SSSR count). The number of carbonyl (C=O) groups is 4. The number of nitrogens with zero attached hydrogens (tertiary/aromatic N) is 2. The molecule has 0 fully saturated rings. The van der Waals surface area contributed by atoms with Crippen molar-refractivity contribution < 1.29 is 33.8 Å². The van der Waals surface area contributed by atoms with E-state index in [-0.39, 0.29) is 35.9 Å². The minimum Gasteiger partial charge on any atom is -0.476 e. The fourth-order valence-corrected chi connectivity index (χ4v) is 2.65. The second-order valence-corrected chi connectivity index (χ2v) is 9.61. The molecule has 2 amide bonds. The average Bonchev–Trinajstić information content (AvgIpc) is 2.62. The van der Waals surface area contributed by atoms with Gasteiger partial charge in [0, 0.05) is 18.5 Å². The molecule has 0 saturated carbocycles. The van der Waals surface area contributed by atoms with Crippen molar-refractivity contribution in [3.63, 3.8) is 0 Å². The molecule has 1 heterocycles. The van der Waals surface area contributed by atoms with Crippen LogP contribution in [0.2, 0.25) is 0 Å². The average molecular weight is 483 g/mol. The van der Waals surface area contributed by atoms with Gasteiger partial charge >= 0.3 is 18.0 Å². The highest BCUT2D eigenvalue weighted by Gasteiger charge is 2.30. The van der Waals surface area contributed by atoms with Gasteiger partial charge in [-0.2, -0.15) is 0 Å². The summed E-state index contributed by atoms with van der Waals surface area (Å²) < 4.78 is 10.6. The van der Waals surface area contributed by atoms with Gasteiger partial charge in [0.2, 0.25) is 5.91 Å². The second kappa shape index (κ2) is 11.1. The first-order chi connectivity index (χ1) is 15.4. The Kier molecular flexibility index (Phi) is 9.32. The monoisotopic (exact) mass is 482 g/mol. The molecule has 0 radical (unpaired) electrons. The van der Waals surface area contributed by atoms with Crippen molar-refractivity contribution in [2.24, 2.45) is 5.73 Å². The summed E-state index contributed by atoms with van der Waals surface area (Å²) in [7, 11) is 0. The number of carboxylic acids is 1. The summed E-state index contributed by atoms with van der Waals surface area (Å²) in [6.07, 6.45) is -1.20. The van der Waals surface area contributed by atoms with Crippen molar-refractivity contribution in [3.05, 3.63) is 17.1 Å². The number of hydrogen-bond donors (Lipinski definition) is 5. The number of nitrogens with one attached hydrogen (secondary N) is 2. The van der Waals surface area contributed by atoms with Crippen molar-refractivity contribution in [1.29, 1.82) is 0 Å². The molecule has 0 bridgehead atoms. The van der Waals surface area contributed by atoms with Crippen molar-refractivity contribution in [2.45, 2.75) is 78.2 Å². The molecule has 1 aromatic heterocycles. The summed E-state index contributed by atoms with van der Waals surface area (Å²) in [6, 6.07) is -2.24. The maximum absolute atomic E-state index is 12.7. The van der Waals surface area contributed by atoms with E-state index < -0.39 is 47.2 Å². The third-order valence-electron chi connectivity index (χ3n) is 4.07. The van der Waals surface area contributed by atoms with Gasteiger partial charge in [-0.3, -0.25) is 4.79 Å². The molecular formula is C21H34N6O7. The summed E-state index contributed by atoms with van der Waals surface area (Å²) in [4.78, 5) is 56.2. The highest BCUT2D eigenvalue weighted by molar-refractivity contribution is 5.88. The van der Waals surface area contributed by atoms with Crippen LogP contribution in [0.5, 0.6) is 0 Å². The number of alkyl carbamates (subject to hydrolysis) is 1. The van der Waals surface area contributed by atoms with E-state index in [1.807, 2.05) is 0 Å². The number of ether oxygens (including phenoxy) is 2. The molecule has 7 N–H and O–H groups in total. The fraction of sp³-hybridized carbons (Fsp3) is 0.619. The lowest BCUT2D eigenvalue weighted by molar-refractivity contribution is -0.157. The molecule has 0 aromatic carbocycles. The summed E-state index contributed by atoms with van der Waals surface area (Å²) in [6.45, 7) is 11.2. The van der Waals surface area contributed by atoms with Crippen LogP contribution < -0.4 is 22.1 Å². The number of rotatable bonds is 9. The zero-order valence-electron chi connectivity index (χ0n) is 20.5. The van der Waals surface area contributed by atoms with E-state index >= 15 is 0 Å². The lowest BCUT2D eigenvalue weighted by atomic mass is 10.1. The smallest absolute Gasteiger partial charge is 0.408 e. The molecule has 0 aliphatic rings. The topological polar surface area (TPSA) is 209 Å². The second-order valence-electron chi connectivity index (χ2n) is 9.61. The lowest BCUT2D eigenvalue weighted by Crippen LogP contribution is -2.51. The Bertz CT molecular complexity index is 937. The number of aromatic nitrogens is 2. The SMILES string of the molecule is Cc1c(N)nc([C@H](CC(N)=O)NC[C@H](NC(=O)OC(C)(C)C)C(=O)OC(C)(C)C)nc1C(=O)O. The molecule has 0 aliphatic carbocycles. The fourth-order valence-electron chi connectivity index (χ4n) is 2.65. The number of anilines is 1. The van der Waals surface area contributed by atoms with Crippen LogP contribution >= 0.6 is 0 Å². The van der Waals surface area contributed by atoms with Gasteiger partial charge in [0.25, 0.3) is 0 Å². The molecular weight excluding hydrogens is 448 g/mol. The summed E-state index contributed by atoms with van der Waals surface area (Å²) in [5.41, 5.74) is 9.31. The number of hydrogen-bond acceptors (Lipinski definition) is 10. The van der Waals surface area contributed by atoms with E-state index in [1.165, 1.54) is 6.92 Å². The van der Waals surface area contributed by atoms with Crippen LogP contribution in [0, 0.1) is 6.92 Å². The van der Waals surface area contributed by atoms with Gasteiger partial charge in [-0.1, -0.05) is 0 Å². The highest BCUT2D eigenvalue weighted by Crippen LogP contribution is 2.19. The third kappa shape index (κ3) is 9.57. The van der Waals surface area contributed by atoms with Crippen molar-refractivity contribution in [1.82, 2.24) is 20.6 Å². The zero-order valence-corrected chi connectivity index (χ0v) is 20.5. The molecule has 2 atom stereocenters. The number of carboxylic acid groups (broad SMARTS) is 1. The summed E-state index contributed by atoms with van der Waals surface area (Å²) >= 11 is 0. The van der Waals surface area contributed by atoms with Gasteiger partial charge < -0.3 is 36.7 Å². The predicted molar refractivity (Wildman–Crippen MR) is 122 cm³/mol. The first-order valence-electron chi connectivity index (χ1n) is 10.5. The van der Waals surface area contributed by atoms with Crippen LogP contribution in [0.1, 0.15) is 75.9 Å². The number of nitrogen functional groups attached to an aromatic ring is 1. The molecule has 34 heavy (non-hydrogen) atoms. The van der Waals surface area contributed by atoms with Crippen LogP contribution in [0.15, 0.2) is 0 Å². The largest absolute Gasteiger partial charge is 0.476 e. The maximum Gasteiger partial charge on any atom is 0.408 e. The van der Waals surface area contributed by atoms with Gasteiger partial charge in [0.05, 0.1) is 6.04 Å². The first-order valence-corrected chi connectivity index (χ1v) is 10.5. The van der Waals surface area contributed by atoms with Gasteiger partial charge in [0.1, 0.15) is 28.9 Å². The zero-order chi connectivity index (χ0) is 26.4. The quantitative estimate of drug-likeness (QED) is 0.311. The van der Waals surface area contributed by atoms with Crippen LogP contribution in [0.4, 0.5) is 10.6 Å². The minimum absolute atomic E-state index is 0.0887. The molecule has 1 aromatic rings. The molecule has 0 unspecified atom stereocenters. The van der Waals surface area contributed by atoms with E-state index in [1.54, 1.807) is 41.5 Å². The van der Waals surface area contributed by atoms with Gasteiger partial charge in [-0.05, 0) is 48.5 Å². The number of amides is 2. The Labute approximate surface area is 198 Å². The number of aromatic carboxylic acids is 1. The molecule has 13 heteroatoms. The molecule has 190 valence electrons. The van der Waals surface area contributed by atoms with Gasteiger partial charge in [-0.25, -0.2) is 24.4 Å². The summed E-state index contributed by atoms with van der Waals surface area (Å²) in [5, 5.41) is 14.7. The Hall–Kier alpha value is -3.48. The normalized spacial score (nSPS) is 13.5. The van der Waals surface area contributed by atoms with Gasteiger partial charge in [-0.15, -0.1) is 0 Å². The number of esters is 1. The standard InChI is InChI=1S/C21H34N6O7/c1-10-14(17(29)30)26-16(27-15(10)23)11(8-13(22)28)24-9-12(18(31)33-20(2,3)4)25-19(32)34-21(5,6)7/h11-12,24H,8-9H2,1-7H3,(H2,22,28)(H,25,32)(H,29,30)(H2,23,26,27)/t11-,12-/m0/s1. The van der Waals surface area contributed by atoms with Crippen LogP contribution in [0.25, 0.3) is 0 Å². The molecule has 0 aliphatic heterocycles. The minimum atomic E-state index is -1.33. The molecule has 0 saturated heterocycles. The Morgan fingerprint density at radius 1 is 1.03 bits per heavy atom. The molecule has 0 spiro atoms. The molecule has 13 nitrogen and oxygen atoms in total. The van der Waals surface area contributed by atoms with Gasteiger partial charge in [0.15, 0.2) is 5.69 Å². The number of nitrogens with two attached hydrogens (primary N) is 2. The Balaban J connectivity index is 3.22. The summed E-state index contributed by atoms with van der Waals surface area (Å²) in [5.74, 6) is -3.04. The maximum atomic E-state index is 12.7. The van der Waals surface area contributed by atoms with E-state index in [4.69, 9.17) is 20.9 Å². The highest BCUT2D eigenvalue weighted by atomic mass is 16.6. The van der Waals surface area contributed by atoms with E-state index in [0.29, 0.717) is 0 Å². The number of carbonyl (C=O) groups excluding carboxylic acids is 3. The third-order valence-corrected chi connectivity index (χ3v) is 4.07. The lowest BCUT2D eigenvalue weighted by Gasteiger charge is -2.27. The first kappa shape index (κ1) is 28.6. The van der Waals surface area contributed by atoms with E-state index in [2.05, 4.69) is 20.6 Å². The van der Waals surface area contributed by atoms with Crippen molar-refractivity contribution >= 4 is 29.8 Å². The Morgan fingerprint density at radius 3 is 2.06 bits per heavy atom. The van der Waals surface area contributed by atoms with Crippen molar-refractivity contribution in [3.8, 4) is 0 Å². The van der Waals surface area contributed by atoms with Crippen LogP contribution in [0.3, 0.4) is 0 Å². The van der Waals surface area contributed by atoms with E-state index in [9.17, 15) is 24.3 Å². The van der Waals surface area contributed by atoms with Crippen LogP contribution in [-0.2, 0) is 19.1 Å². The predicted octanol–water partition coefficient (Wildman–Crippen LogP) is 0.807. The Morgan fingerprint density at radius 2 is 1.59 bits per heavy atom. The van der Waals surface area contributed by atoms with E-state index in [0.717, 1.165) is 0 Å². The number of primary amides is 1.